The van der Waals surface area contributed by atoms with Gasteiger partial charge in [0.25, 0.3) is 0 Å². The summed E-state index contributed by atoms with van der Waals surface area (Å²) in [6.07, 6.45) is 0.442. The van der Waals surface area contributed by atoms with Gasteiger partial charge < -0.3 is 24.6 Å². The van der Waals surface area contributed by atoms with Crippen molar-refractivity contribution in [3.8, 4) is 5.75 Å². The first-order valence-electron chi connectivity index (χ1n) is 10.1. The fourth-order valence-corrected chi connectivity index (χ4v) is 4.85. The molecule has 1 aromatic heterocycles. The Morgan fingerprint density at radius 2 is 1.90 bits per heavy atom. The number of hydrogen-bond donors (Lipinski definition) is 2. The number of piperazine rings is 1. The average molecular weight is 405 g/mol. The number of methoxy groups -OCH3 is 1. The summed E-state index contributed by atoms with van der Waals surface area (Å²) in [5, 5.41) is 10.4. The lowest BCUT2D eigenvalue weighted by Crippen LogP contribution is -2.63. The maximum Gasteiger partial charge on any atom is 0.246 e. The number of aromatic amines is 1. The van der Waals surface area contributed by atoms with Crippen LogP contribution in [-0.4, -0.2) is 64.6 Å². The largest absolute Gasteiger partial charge is 0.496 e. The summed E-state index contributed by atoms with van der Waals surface area (Å²) < 4.78 is 5.61. The summed E-state index contributed by atoms with van der Waals surface area (Å²) >= 11 is 0. The molecule has 3 heterocycles. The number of β-amino-alcohol motifs (C(OH)–C–C–N with tert-alkyl or cyclic N) is 1. The third-order valence-corrected chi connectivity index (χ3v) is 6.15. The molecular formula is C23H23N3O4. The van der Waals surface area contributed by atoms with Crippen LogP contribution in [0, 0.1) is 0 Å². The highest BCUT2D eigenvalue weighted by atomic mass is 16.5. The summed E-state index contributed by atoms with van der Waals surface area (Å²) in [6, 6.07) is 14.6. The normalized spacial score (nSPS) is 21.0. The molecule has 0 unspecified atom stereocenters. The minimum absolute atomic E-state index is 0.0307. The van der Waals surface area contributed by atoms with Gasteiger partial charge in [0.15, 0.2) is 0 Å². The molecule has 0 saturated carbocycles. The van der Waals surface area contributed by atoms with E-state index in [-0.39, 0.29) is 31.5 Å². The zero-order valence-electron chi connectivity index (χ0n) is 16.7. The minimum Gasteiger partial charge on any atom is -0.496 e. The molecule has 3 aromatic rings. The van der Waals surface area contributed by atoms with Crippen LogP contribution < -0.4 is 4.74 Å². The quantitative estimate of drug-likeness (QED) is 0.694. The molecule has 0 spiro atoms. The summed E-state index contributed by atoms with van der Waals surface area (Å²) in [7, 11) is 1.61. The number of carbonyl (C=O) groups excluding carboxylic acids is 2. The second-order valence-corrected chi connectivity index (χ2v) is 7.71. The van der Waals surface area contributed by atoms with Gasteiger partial charge in [-0.2, -0.15) is 0 Å². The van der Waals surface area contributed by atoms with Gasteiger partial charge >= 0.3 is 0 Å². The number of nitrogens with one attached hydrogen (secondary N) is 1. The van der Waals surface area contributed by atoms with E-state index in [1.807, 2.05) is 48.5 Å². The van der Waals surface area contributed by atoms with Crippen LogP contribution >= 0.6 is 0 Å². The van der Waals surface area contributed by atoms with Crippen LogP contribution in [0.3, 0.4) is 0 Å². The highest BCUT2D eigenvalue weighted by Gasteiger charge is 2.48. The van der Waals surface area contributed by atoms with Crippen molar-refractivity contribution in [3.05, 3.63) is 65.4 Å². The van der Waals surface area contributed by atoms with E-state index in [4.69, 9.17) is 4.74 Å². The maximum atomic E-state index is 13.3. The topological polar surface area (TPSA) is 85.9 Å². The molecule has 154 valence electrons. The molecule has 0 aliphatic carbocycles. The zero-order valence-corrected chi connectivity index (χ0v) is 16.7. The summed E-state index contributed by atoms with van der Waals surface area (Å²) in [6.45, 7) is -0.0356. The lowest BCUT2D eigenvalue weighted by molar-refractivity contribution is -0.159. The third-order valence-electron chi connectivity index (χ3n) is 6.15. The number of aliphatic hydroxyl groups is 1. The number of benzene rings is 2. The molecule has 2 amide bonds. The number of rotatable bonds is 4. The summed E-state index contributed by atoms with van der Waals surface area (Å²) in [5.74, 6) is 0.415. The first kappa shape index (κ1) is 18.7. The van der Waals surface area contributed by atoms with Crippen molar-refractivity contribution < 1.29 is 19.4 Å². The molecule has 1 saturated heterocycles. The lowest BCUT2D eigenvalue weighted by Gasteiger charge is -2.47. The molecule has 0 radical (unpaired) electrons. The van der Waals surface area contributed by atoms with Crippen molar-refractivity contribution in [3.63, 3.8) is 0 Å². The first-order chi connectivity index (χ1) is 14.6. The predicted molar refractivity (Wildman–Crippen MR) is 111 cm³/mol. The van der Waals surface area contributed by atoms with Crippen molar-refractivity contribution in [1.82, 2.24) is 14.8 Å². The number of amides is 2. The molecule has 2 N–H and O–H groups in total. The van der Waals surface area contributed by atoms with E-state index in [9.17, 15) is 14.7 Å². The average Bonchev–Trinajstić information content (AvgIpc) is 3.14. The van der Waals surface area contributed by atoms with E-state index in [2.05, 4.69) is 4.98 Å². The Hall–Kier alpha value is -3.32. The SMILES string of the molecule is COc1ccccc1[C@@H]1c2[nH]c3ccccc3c2C[C@H]2C(=O)N(CCO)CC(=O)N12. The summed E-state index contributed by atoms with van der Waals surface area (Å²) in [4.78, 5) is 33.2. The minimum atomic E-state index is -0.612. The molecule has 5 rings (SSSR count). The van der Waals surface area contributed by atoms with Crippen LogP contribution in [0.2, 0.25) is 0 Å². The van der Waals surface area contributed by atoms with Crippen LogP contribution in [0.5, 0.6) is 5.75 Å². The summed E-state index contributed by atoms with van der Waals surface area (Å²) in [5.41, 5.74) is 3.80. The lowest BCUT2D eigenvalue weighted by atomic mass is 9.86. The van der Waals surface area contributed by atoms with Crippen LogP contribution in [0.25, 0.3) is 10.9 Å². The zero-order chi connectivity index (χ0) is 20.8. The third kappa shape index (κ3) is 2.69. The van der Waals surface area contributed by atoms with E-state index in [0.29, 0.717) is 12.2 Å². The number of hydrogen-bond acceptors (Lipinski definition) is 4. The number of aliphatic hydroxyl groups excluding tert-OH is 1. The monoisotopic (exact) mass is 405 g/mol. The Balaban J connectivity index is 1.73. The van der Waals surface area contributed by atoms with E-state index < -0.39 is 12.1 Å². The molecule has 30 heavy (non-hydrogen) atoms. The van der Waals surface area contributed by atoms with E-state index in [1.54, 1.807) is 12.0 Å². The standard InChI is InChI=1S/C23H23N3O4/c1-30-19-9-5-3-7-15(19)22-21-16(14-6-2-4-8-17(14)24-21)12-18-23(29)25(10-11-27)13-20(28)26(18)22/h2-9,18,22,24,27H,10-13H2,1H3/t18-,22+/m0/s1. The predicted octanol–water partition coefficient (Wildman–Crippen LogP) is 1.85. The van der Waals surface area contributed by atoms with Gasteiger partial charge in [0.1, 0.15) is 17.8 Å². The molecule has 0 bridgehead atoms. The van der Waals surface area contributed by atoms with Crippen molar-refractivity contribution in [2.75, 3.05) is 26.8 Å². The molecular weight excluding hydrogens is 382 g/mol. The Kier molecular flexibility index (Phi) is 4.47. The number of fused-ring (bicyclic) bond motifs is 4. The molecule has 2 aliphatic rings. The van der Waals surface area contributed by atoms with Gasteiger partial charge in [0.2, 0.25) is 11.8 Å². The van der Waals surface area contributed by atoms with Crippen molar-refractivity contribution in [2.45, 2.75) is 18.5 Å². The van der Waals surface area contributed by atoms with Crippen molar-refractivity contribution in [2.24, 2.45) is 0 Å². The Labute approximate surface area is 173 Å². The number of nitrogens with zero attached hydrogens (tertiary/aromatic N) is 2. The fourth-order valence-electron chi connectivity index (χ4n) is 4.85. The van der Waals surface area contributed by atoms with Gasteiger partial charge in [0, 0.05) is 35.1 Å². The Bertz CT molecular complexity index is 1140. The smallest absolute Gasteiger partial charge is 0.246 e. The van der Waals surface area contributed by atoms with Crippen molar-refractivity contribution in [1.29, 1.82) is 0 Å². The number of aromatic nitrogens is 1. The molecule has 7 nitrogen and oxygen atoms in total. The van der Waals surface area contributed by atoms with E-state index in [1.165, 1.54) is 4.90 Å². The van der Waals surface area contributed by atoms with Crippen LogP contribution in [0.15, 0.2) is 48.5 Å². The molecule has 7 heteroatoms. The second kappa shape index (κ2) is 7.18. The first-order valence-corrected chi connectivity index (χ1v) is 10.1. The highest BCUT2D eigenvalue weighted by Crippen LogP contribution is 2.44. The fraction of sp³-hybridized carbons (Fsp3) is 0.304. The van der Waals surface area contributed by atoms with Gasteiger partial charge in [-0.15, -0.1) is 0 Å². The number of H-pyrrole nitrogens is 1. The van der Waals surface area contributed by atoms with Gasteiger partial charge in [0.05, 0.1) is 20.3 Å². The number of para-hydroxylation sites is 2. The Morgan fingerprint density at radius 1 is 1.13 bits per heavy atom. The molecule has 2 aromatic carbocycles. The van der Waals surface area contributed by atoms with Gasteiger partial charge in [-0.1, -0.05) is 36.4 Å². The molecule has 1 fully saturated rings. The molecule has 2 atom stereocenters. The van der Waals surface area contributed by atoms with E-state index in [0.717, 1.165) is 27.7 Å². The highest BCUT2D eigenvalue weighted by molar-refractivity contribution is 5.97. The van der Waals surface area contributed by atoms with Gasteiger partial charge in [-0.3, -0.25) is 9.59 Å². The van der Waals surface area contributed by atoms with Gasteiger partial charge in [-0.25, -0.2) is 0 Å². The maximum absolute atomic E-state index is 13.3. The van der Waals surface area contributed by atoms with Crippen molar-refractivity contribution >= 4 is 22.7 Å². The second-order valence-electron chi connectivity index (χ2n) is 7.71. The van der Waals surface area contributed by atoms with Crippen LogP contribution in [-0.2, 0) is 16.0 Å². The van der Waals surface area contributed by atoms with Crippen LogP contribution in [0.4, 0.5) is 0 Å². The van der Waals surface area contributed by atoms with Crippen LogP contribution in [0.1, 0.15) is 22.9 Å². The van der Waals surface area contributed by atoms with Gasteiger partial charge in [-0.05, 0) is 17.7 Å². The number of carbonyl (C=O) groups is 2. The molecule has 2 aliphatic heterocycles. The number of ether oxygens (including phenoxy) is 1. The Morgan fingerprint density at radius 3 is 2.70 bits per heavy atom. The van der Waals surface area contributed by atoms with E-state index >= 15 is 0 Å².